The Morgan fingerprint density at radius 3 is 2.75 bits per heavy atom. The zero-order valence-electron chi connectivity index (χ0n) is 10.1. The van der Waals surface area contributed by atoms with E-state index in [-0.39, 0.29) is 0 Å². The lowest BCUT2D eigenvalue weighted by molar-refractivity contribution is 0.0431. The molecular formula is C12H20N4. The van der Waals surface area contributed by atoms with Crippen LogP contribution in [0.15, 0.2) is 18.6 Å². The zero-order chi connectivity index (χ0) is 11.4. The molecule has 1 N–H and O–H groups in total. The fourth-order valence-electron chi connectivity index (χ4n) is 2.33. The average molecular weight is 220 g/mol. The van der Waals surface area contributed by atoms with Crippen LogP contribution in [0.5, 0.6) is 0 Å². The predicted octanol–water partition coefficient (Wildman–Crippen LogP) is 1.74. The molecule has 1 aromatic heterocycles. The minimum absolute atomic E-state index is 0.616. The Morgan fingerprint density at radius 2 is 2.12 bits per heavy atom. The van der Waals surface area contributed by atoms with E-state index in [1.807, 2.05) is 6.07 Å². The SMILES string of the molecule is CC1CCCC(C)N1NCc1ccncn1. The molecule has 1 aliphatic rings. The van der Waals surface area contributed by atoms with Crippen LogP contribution in [0.4, 0.5) is 0 Å². The van der Waals surface area contributed by atoms with Crippen LogP contribution in [0.3, 0.4) is 0 Å². The standard InChI is InChI=1S/C12H20N4/c1-10-4-3-5-11(2)16(10)15-8-12-6-7-13-9-14-12/h6-7,9-11,15H,3-5,8H2,1-2H3. The summed E-state index contributed by atoms with van der Waals surface area (Å²) in [5.74, 6) is 0. The van der Waals surface area contributed by atoms with Gasteiger partial charge in [-0.3, -0.25) is 0 Å². The number of aromatic nitrogens is 2. The third-order valence-corrected chi connectivity index (χ3v) is 3.28. The maximum absolute atomic E-state index is 4.21. The number of hydrogen-bond acceptors (Lipinski definition) is 4. The van der Waals surface area contributed by atoms with Gasteiger partial charge in [-0.25, -0.2) is 20.4 Å². The normalized spacial score (nSPS) is 26.9. The topological polar surface area (TPSA) is 41.0 Å². The predicted molar refractivity (Wildman–Crippen MR) is 63.5 cm³/mol. The number of hydrazine groups is 1. The number of hydrogen-bond donors (Lipinski definition) is 1. The van der Waals surface area contributed by atoms with Crippen molar-refractivity contribution in [1.29, 1.82) is 0 Å². The second kappa shape index (κ2) is 5.37. The monoisotopic (exact) mass is 220 g/mol. The van der Waals surface area contributed by atoms with E-state index in [9.17, 15) is 0 Å². The summed E-state index contributed by atoms with van der Waals surface area (Å²) in [6, 6.07) is 3.18. The van der Waals surface area contributed by atoms with Gasteiger partial charge in [-0.2, -0.15) is 0 Å². The Kier molecular flexibility index (Phi) is 3.85. The van der Waals surface area contributed by atoms with Crippen LogP contribution >= 0.6 is 0 Å². The summed E-state index contributed by atoms with van der Waals surface area (Å²) >= 11 is 0. The number of rotatable bonds is 3. The molecule has 1 aromatic rings. The molecule has 0 saturated carbocycles. The van der Waals surface area contributed by atoms with Crippen LogP contribution in [0, 0.1) is 0 Å². The summed E-state index contributed by atoms with van der Waals surface area (Å²) in [4.78, 5) is 8.13. The van der Waals surface area contributed by atoms with Crippen molar-refractivity contribution >= 4 is 0 Å². The van der Waals surface area contributed by atoms with Crippen LogP contribution in [0.1, 0.15) is 38.8 Å². The number of nitrogens with one attached hydrogen (secondary N) is 1. The van der Waals surface area contributed by atoms with Crippen molar-refractivity contribution in [3.05, 3.63) is 24.3 Å². The Hall–Kier alpha value is -1.00. The maximum atomic E-state index is 4.21. The largest absolute Gasteiger partial charge is 0.249 e. The Labute approximate surface area is 97.1 Å². The molecule has 4 nitrogen and oxygen atoms in total. The molecule has 2 rings (SSSR count). The van der Waals surface area contributed by atoms with Gasteiger partial charge < -0.3 is 0 Å². The first kappa shape index (κ1) is 11.5. The smallest absolute Gasteiger partial charge is 0.115 e. The zero-order valence-corrected chi connectivity index (χ0v) is 10.1. The molecule has 0 radical (unpaired) electrons. The molecule has 0 spiro atoms. The van der Waals surface area contributed by atoms with E-state index >= 15 is 0 Å². The van der Waals surface area contributed by atoms with E-state index in [0.717, 1.165) is 12.2 Å². The van der Waals surface area contributed by atoms with Crippen molar-refractivity contribution in [2.75, 3.05) is 0 Å². The molecule has 4 heteroatoms. The van der Waals surface area contributed by atoms with E-state index in [0.29, 0.717) is 12.1 Å². The highest BCUT2D eigenvalue weighted by Gasteiger charge is 2.24. The molecule has 0 bridgehead atoms. The third-order valence-electron chi connectivity index (χ3n) is 3.28. The van der Waals surface area contributed by atoms with Gasteiger partial charge in [-0.15, -0.1) is 0 Å². The van der Waals surface area contributed by atoms with Gasteiger partial charge >= 0.3 is 0 Å². The first-order chi connectivity index (χ1) is 7.77. The molecule has 2 unspecified atom stereocenters. The lowest BCUT2D eigenvalue weighted by Gasteiger charge is -2.39. The van der Waals surface area contributed by atoms with Gasteiger partial charge in [0, 0.05) is 18.3 Å². The maximum Gasteiger partial charge on any atom is 0.115 e. The van der Waals surface area contributed by atoms with Crippen LogP contribution in [-0.4, -0.2) is 27.1 Å². The molecule has 88 valence electrons. The highest BCUT2D eigenvalue weighted by molar-refractivity contribution is 4.97. The lowest BCUT2D eigenvalue weighted by Crippen LogP contribution is -2.51. The molecule has 0 aliphatic carbocycles. The van der Waals surface area contributed by atoms with Gasteiger partial charge in [-0.05, 0) is 32.8 Å². The number of nitrogens with zero attached hydrogens (tertiary/aromatic N) is 3. The van der Waals surface area contributed by atoms with Crippen molar-refractivity contribution in [3.8, 4) is 0 Å². The van der Waals surface area contributed by atoms with Gasteiger partial charge in [-0.1, -0.05) is 6.42 Å². The fraction of sp³-hybridized carbons (Fsp3) is 0.667. The molecule has 0 amide bonds. The van der Waals surface area contributed by atoms with Crippen molar-refractivity contribution in [3.63, 3.8) is 0 Å². The lowest BCUT2D eigenvalue weighted by atomic mass is 10.00. The second-order valence-electron chi connectivity index (χ2n) is 4.57. The Balaban J connectivity index is 1.89. The summed E-state index contributed by atoms with van der Waals surface area (Å²) in [5.41, 5.74) is 4.52. The molecule has 2 atom stereocenters. The van der Waals surface area contributed by atoms with E-state index in [2.05, 4.69) is 34.3 Å². The molecule has 2 heterocycles. The second-order valence-corrected chi connectivity index (χ2v) is 4.57. The van der Waals surface area contributed by atoms with Crippen molar-refractivity contribution in [2.24, 2.45) is 0 Å². The summed E-state index contributed by atoms with van der Waals surface area (Å²) in [6.45, 7) is 5.35. The van der Waals surface area contributed by atoms with Gasteiger partial charge in [0.2, 0.25) is 0 Å². The van der Waals surface area contributed by atoms with Gasteiger partial charge in [0.05, 0.1) is 12.2 Å². The third kappa shape index (κ3) is 2.77. The fourth-order valence-corrected chi connectivity index (χ4v) is 2.33. The van der Waals surface area contributed by atoms with E-state index < -0.39 is 0 Å². The molecule has 1 saturated heterocycles. The Morgan fingerprint density at radius 1 is 1.38 bits per heavy atom. The molecule has 16 heavy (non-hydrogen) atoms. The summed E-state index contributed by atoms with van der Waals surface area (Å²) in [6.07, 6.45) is 7.28. The van der Waals surface area contributed by atoms with Crippen molar-refractivity contribution in [2.45, 2.75) is 51.7 Å². The van der Waals surface area contributed by atoms with Crippen LogP contribution < -0.4 is 5.43 Å². The molecule has 0 aromatic carbocycles. The van der Waals surface area contributed by atoms with Gasteiger partial charge in [0.25, 0.3) is 0 Å². The molecule has 1 aliphatic heterocycles. The van der Waals surface area contributed by atoms with Gasteiger partial charge in [0.15, 0.2) is 0 Å². The van der Waals surface area contributed by atoms with E-state index in [1.165, 1.54) is 19.3 Å². The summed E-state index contributed by atoms with van der Waals surface area (Å²) < 4.78 is 0. The quantitative estimate of drug-likeness (QED) is 0.842. The number of piperidine rings is 1. The minimum Gasteiger partial charge on any atom is -0.249 e. The first-order valence-electron chi connectivity index (χ1n) is 6.04. The first-order valence-corrected chi connectivity index (χ1v) is 6.04. The van der Waals surface area contributed by atoms with Crippen molar-refractivity contribution in [1.82, 2.24) is 20.4 Å². The average Bonchev–Trinajstić information content (AvgIpc) is 2.30. The highest BCUT2D eigenvalue weighted by Crippen LogP contribution is 2.20. The van der Waals surface area contributed by atoms with E-state index in [4.69, 9.17) is 0 Å². The summed E-state index contributed by atoms with van der Waals surface area (Å²) in [7, 11) is 0. The van der Waals surface area contributed by atoms with Crippen LogP contribution in [0.2, 0.25) is 0 Å². The minimum atomic E-state index is 0.616. The summed E-state index contributed by atoms with van der Waals surface area (Å²) in [5, 5.41) is 2.37. The Bertz CT molecular complexity index is 304. The highest BCUT2D eigenvalue weighted by atomic mass is 15.5. The van der Waals surface area contributed by atoms with Gasteiger partial charge in [0.1, 0.15) is 6.33 Å². The molecule has 1 fully saturated rings. The van der Waals surface area contributed by atoms with E-state index in [1.54, 1.807) is 12.5 Å². The van der Waals surface area contributed by atoms with Crippen LogP contribution in [0.25, 0.3) is 0 Å². The molecular weight excluding hydrogens is 200 g/mol. The van der Waals surface area contributed by atoms with Crippen LogP contribution in [-0.2, 0) is 6.54 Å². The van der Waals surface area contributed by atoms with Crippen molar-refractivity contribution < 1.29 is 0 Å².